The number of thiophene rings is 1. The van der Waals surface area contributed by atoms with E-state index in [0.717, 1.165) is 46.5 Å². The Morgan fingerprint density at radius 3 is 2.93 bits per heavy atom. The van der Waals surface area contributed by atoms with Crippen LogP contribution in [0.5, 0.6) is 5.75 Å². The van der Waals surface area contributed by atoms with Gasteiger partial charge in [0.15, 0.2) is 0 Å². The molecule has 0 aliphatic heterocycles. The number of aromatic nitrogens is 2. The fraction of sp³-hybridized carbons (Fsp3) is 0.250. The molecule has 6 heteroatoms. The molecule has 0 radical (unpaired) electrons. The number of nitrogens with one attached hydrogen (secondary N) is 1. The van der Waals surface area contributed by atoms with Gasteiger partial charge >= 0.3 is 0 Å². The second-order valence-electron chi connectivity index (χ2n) is 7.65. The van der Waals surface area contributed by atoms with Crippen molar-refractivity contribution in [2.45, 2.75) is 25.3 Å². The Kier molecular flexibility index (Phi) is 4.79. The first kappa shape index (κ1) is 18.9. The summed E-state index contributed by atoms with van der Waals surface area (Å²) in [4.78, 5) is 14.8. The Labute approximate surface area is 179 Å². The Bertz CT molecular complexity index is 1240. The summed E-state index contributed by atoms with van der Waals surface area (Å²) in [6, 6.07) is 18.3. The maximum Gasteiger partial charge on any atom is 0.261 e. The fourth-order valence-electron chi connectivity index (χ4n) is 4.27. The van der Waals surface area contributed by atoms with Crippen molar-refractivity contribution in [3.05, 3.63) is 70.6 Å². The second kappa shape index (κ2) is 7.61. The van der Waals surface area contributed by atoms with Crippen molar-refractivity contribution in [1.82, 2.24) is 15.1 Å². The van der Waals surface area contributed by atoms with Crippen molar-refractivity contribution >= 4 is 27.5 Å². The molecular weight excluding hydrogens is 394 g/mol. The Morgan fingerprint density at radius 2 is 2.07 bits per heavy atom. The van der Waals surface area contributed by atoms with Gasteiger partial charge in [-0.05, 0) is 48.6 Å². The first-order chi connectivity index (χ1) is 14.6. The molecule has 2 aromatic carbocycles. The van der Waals surface area contributed by atoms with Crippen LogP contribution < -0.4 is 10.1 Å². The molecule has 0 fully saturated rings. The van der Waals surface area contributed by atoms with Crippen LogP contribution in [0.15, 0.2) is 54.6 Å². The summed E-state index contributed by atoms with van der Waals surface area (Å²) < 4.78 is 7.20. The molecule has 1 atom stereocenters. The fourth-order valence-corrected chi connectivity index (χ4v) is 5.24. The number of nitrogens with zero attached hydrogens (tertiary/aromatic N) is 2. The maximum absolute atomic E-state index is 13.1. The minimum absolute atomic E-state index is 0.0190. The van der Waals surface area contributed by atoms with Gasteiger partial charge in [-0.1, -0.05) is 36.4 Å². The highest BCUT2D eigenvalue weighted by atomic mass is 32.1. The molecule has 0 saturated heterocycles. The quantitative estimate of drug-likeness (QED) is 0.502. The molecule has 0 spiro atoms. The van der Waals surface area contributed by atoms with Crippen LogP contribution in [-0.4, -0.2) is 22.8 Å². The topological polar surface area (TPSA) is 56.2 Å². The van der Waals surface area contributed by atoms with Gasteiger partial charge in [0, 0.05) is 18.0 Å². The van der Waals surface area contributed by atoms with Crippen LogP contribution in [0.3, 0.4) is 0 Å². The lowest BCUT2D eigenvalue weighted by molar-refractivity contribution is 0.0937. The van der Waals surface area contributed by atoms with Crippen molar-refractivity contribution in [2.24, 2.45) is 7.05 Å². The Hall–Kier alpha value is -3.12. The number of amides is 1. The third kappa shape index (κ3) is 3.27. The Morgan fingerprint density at radius 1 is 1.20 bits per heavy atom. The first-order valence-electron chi connectivity index (χ1n) is 10.1. The zero-order chi connectivity index (χ0) is 20.7. The number of ether oxygens (including phenoxy) is 1. The molecule has 4 aromatic rings. The van der Waals surface area contributed by atoms with Crippen LogP contribution in [0, 0.1) is 0 Å². The van der Waals surface area contributed by atoms with E-state index in [1.165, 1.54) is 22.5 Å². The monoisotopic (exact) mass is 417 g/mol. The number of rotatable bonds is 4. The molecule has 0 bridgehead atoms. The lowest BCUT2D eigenvalue weighted by Gasteiger charge is -2.26. The van der Waals surface area contributed by atoms with Gasteiger partial charge in [-0.15, -0.1) is 11.3 Å². The molecule has 5 rings (SSSR count). The van der Waals surface area contributed by atoms with Gasteiger partial charge < -0.3 is 10.1 Å². The van der Waals surface area contributed by atoms with Crippen LogP contribution in [0.1, 0.15) is 39.7 Å². The standard InChI is InChI=1S/C24H23N3O2S/c1-27-24-19(22(26-27)16-9-5-10-17(13-16)29-2)14-21(30-24)23(28)25-20-12-6-8-15-7-3-4-11-18(15)20/h3-5,7,9-11,13-14,20H,6,8,12H2,1-2H3,(H,25,28). The summed E-state index contributed by atoms with van der Waals surface area (Å²) in [7, 11) is 3.57. The number of hydrogen-bond acceptors (Lipinski definition) is 4. The van der Waals surface area contributed by atoms with E-state index in [2.05, 4.69) is 34.7 Å². The van der Waals surface area contributed by atoms with Crippen LogP contribution in [0.25, 0.3) is 21.5 Å². The summed E-state index contributed by atoms with van der Waals surface area (Å²) in [5.41, 5.74) is 4.43. The number of fused-ring (bicyclic) bond motifs is 2. The van der Waals surface area contributed by atoms with E-state index in [1.807, 2.05) is 42.1 Å². The van der Waals surface area contributed by atoms with Crippen LogP contribution in [0.2, 0.25) is 0 Å². The molecule has 1 aliphatic rings. The zero-order valence-corrected chi connectivity index (χ0v) is 17.8. The summed E-state index contributed by atoms with van der Waals surface area (Å²) in [5.74, 6) is 0.768. The molecule has 2 aromatic heterocycles. The normalized spacial score (nSPS) is 15.7. The number of benzene rings is 2. The van der Waals surface area contributed by atoms with Crippen LogP contribution >= 0.6 is 11.3 Å². The number of hydrogen-bond donors (Lipinski definition) is 1. The van der Waals surface area contributed by atoms with Gasteiger partial charge in [0.05, 0.1) is 18.0 Å². The average Bonchev–Trinajstić information content (AvgIpc) is 3.35. The van der Waals surface area contributed by atoms with Crippen molar-refractivity contribution in [3.63, 3.8) is 0 Å². The summed E-state index contributed by atoms with van der Waals surface area (Å²) in [5, 5.41) is 8.93. The van der Waals surface area contributed by atoms with Crippen molar-refractivity contribution in [3.8, 4) is 17.0 Å². The molecule has 30 heavy (non-hydrogen) atoms. The third-order valence-electron chi connectivity index (χ3n) is 5.75. The van der Waals surface area contributed by atoms with Gasteiger partial charge in [0.2, 0.25) is 0 Å². The van der Waals surface area contributed by atoms with E-state index in [0.29, 0.717) is 4.88 Å². The highest BCUT2D eigenvalue weighted by Gasteiger charge is 2.24. The van der Waals surface area contributed by atoms with E-state index < -0.39 is 0 Å². The smallest absolute Gasteiger partial charge is 0.261 e. The summed E-state index contributed by atoms with van der Waals surface area (Å²) in [6.07, 6.45) is 3.16. The van der Waals surface area contributed by atoms with E-state index in [4.69, 9.17) is 4.74 Å². The predicted octanol–water partition coefficient (Wildman–Crippen LogP) is 5.12. The molecule has 152 valence electrons. The van der Waals surface area contributed by atoms with E-state index >= 15 is 0 Å². The molecule has 0 saturated carbocycles. The lowest BCUT2D eigenvalue weighted by Crippen LogP contribution is -2.30. The minimum Gasteiger partial charge on any atom is -0.497 e. The van der Waals surface area contributed by atoms with Crippen molar-refractivity contribution < 1.29 is 9.53 Å². The summed E-state index contributed by atoms with van der Waals surface area (Å²) in [6.45, 7) is 0. The SMILES string of the molecule is COc1cccc(-c2nn(C)c3sc(C(=O)NC4CCCc5ccccc54)cc23)c1. The van der Waals surface area contributed by atoms with Gasteiger partial charge in [-0.25, -0.2) is 0 Å². The summed E-state index contributed by atoms with van der Waals surface area (Å²) >= 11 is 1.48. The van der Waals surface area contributed by atoms with Crippen LogP contribution in [0.4, 0.5) is 0 Å². The number of methoxy groups -OCH3 is 1. The minimum atomic E-state index is -0.0190. The maximum atomic E-state index is 13.1. The molecule has 2 heterocycles. The predicted molar refractivity (Wildman–Crippen MR) is 120 cm³/mol. The molecule has 1 N–H and O–H groups in total. The molecular formula is C24H23N3O2S. The highest BCUT2D eigenvalue weighted by Crippen LogP contribution is 2.35. The largest absolute Gasteiger partial charge is 0.497 e. The molecule has 1 aliphatic carbocycles. The number of aryl methyl sites for hydroxylation is 2. The van der Waals surface area contributed by atoms with E-state index in [-0.39, 0.29) is 11.9 Å². The van der Waals surface area contributed by atoms with E-state index in [1.54, 1.807) is 7.11 Å². The molecule has 1 amide bonds. The molecule has 5 nitrogen and oxygen atoms in total. The van der Waals surface area contributed by atoms with Gasteiger partial charge in [0.25, 0.3) is 5.91 Å². The Balaban J connectivity index is 1.47. The average molecular weight is 418 g/mol. The second-order valence-corrected chi connectivity index (χ2v) is 8.68. The van der Waals surface area contributed by atoms with Gasteiger partial charge in [-0.3, -0.25) is 9.48 Å². The number of carbonyl (C=O) groups is 1. The van der Waals surface area contributed by atoms with Crippen molar-refractivity contribution in [2.75, 3.05) is 7.11 Å². The van der Waals surface area contributed by atoms with Gasteiger partial charge in [-0.2, -0.15) is 5.10 Å². The highest BCUT2D eigenvalue weighted by molar-refractivity contribution is 7.20. The third-order valence-corrected chi connectivity index (χ3v) is 6.95. The van der Waals surface area contributed by atoms with Crippen LogP contribution in [-0.2, 0) is 13.5 Å². The van der Waals surface area contributed by atoms with Gasteiger partial charge in [0.1, 0.15) is 16.3 Å². The lowest BCUT2D eigenvalue weighted by atomic mass is 9.88. The van der Waals surface area contributed by atoms with Crippen molar-refractivity contribution in [1.29, 1.82) is 0 Å². The molecule has 1 unspecified atom stereocenters. The first-order valence-corrected chi connectivity index (χ1v) is 11.0. The number of carbonyl (C=O) groups excluding carboxylic acids is 1. The zero-order valence-electron chi connectivity index (χ0n) is 17.0. The van der Waals surface area contributed by atoms with E-state index in [9.17, 15) is 4.79 Å².